The van der Waals surface area contributed by atoms with Crippen LogP contribution in [0.25, 0.3) is 0 Å². The number of nitrogens with zero attached hydrogens (tertiary/aromatic N) is 2. The lowest BCUT2D eigenvalue weighted by Gasteiger charge is -2.28. The molecule has 37 heteroatoms. The Bertz CT molecular complexity index is 2340. The van der Waals surface area contributed by atoms with Gasteiger partial charge in [-0.15, -0.1) is 0 Å². The average molecular weight is 1250 g/mol. The van der Waals surface area contributed by atoms with Crippen molar-refractivity contribution in [3.8, 4) is 0 Å². The van der Waals surface area contributed by atoms with Gasteiger partial charge >= 0.3 is 11.9 Å². The average Bonchev–Trinajstić information content (AvgIpc) is 3.61. The Morgan fingerprint density at radius 1 is 0.414 bits per heavy atom. The first-order valence-electron chi connectivity index (χ1n) is 28.2. The highest BCUT2D eigenvalue weighted by Crippen LogP contribution is 2.11. The van der Waals surface area contributed by atoms with Gasteiger partial charge in [-0.3, -0.25) is 67.5 Å². The van der Waals surface area contributed by atoms with E-state index in [2.05, 4.69) is 57.8 Å². The smallest absolute Gasteiger partial charge is 0.328 e. The number of guanidine groups is 2. The number of unbranched alkanes of at least 4 members (excludes halogenated alkanes) is 2. The molecule has 0 aromatic carbocycles. The molecule has 0 aliphatic rings. The highest BCUT2D eigenvalue weighted by molar-refractivity contribution is 5.98. The van der Waals surface area contributed by atoms with Crippen LogP contribution in [0, 0.1) is 5.92 Å². The fourth-order valence-electron chi connectivity index (χ4n) is 7.84. The standard InChI is InChI=1S/C50H92N20O17/c1-26(2)21-27(53)40(78)64-30(11-7-19-59-49(55)56)44(82)68-32(13-15-36(54)73)46(84)66-29(10-4-6-18-52)42(80)65-28(9-3-5-17-51)43(81)67-31(12-8-20-60-50(57)58)45(83)69-33(14-16-39(76)77)47(85)70-34(24-71)41(79)62-22-37(74)61-23-38(75)63-35(25-72)48(86)87/h26-35,71-72H,3-25,51-53H2,1-2H3,(H2,54,73)(H,61,74)(H,62,79)(H,63,75)(H,64,78)(H,65,80)(H,66,84)(H,67,81)(H,68,82)(H,69,83)(H,70,85)(H,76,77)(H,86,87)(H4,55,56,59)(H4,57,58,60)/t27-,28-,29-,30-,31-,32-,33-,34-,35-/m0/s1. The van der Waals surface area contributed by atoms with Gasteiger partial charge in [-0.2, -0.15) is 0 Å². The summed E-state index contributed by atoms with van der Waals surface area (Å²) in [6.45, 7) is 0.278. The third kappa shape index (κ3) is 35.5. The molecule has 0 aliphatic carbocycles. The minimum absolute atomic E-state index is 0.0114. The summed E-state index contributed by atoms with van der Waals surface area (Å²) < 4.78 is 0. The Morgan fingerprint density at radius 3 is 1.11 bits per heavy atom. The van der Waals surface area contributed by atoms with Crippen LogP contribution in [0.15, 0.2) is 9.98 Å². The summed E-state index contributed by atoms with van der Waals surface area (Å²) in [5.74, 6) is -14.3. The van der Waals surface area contributed by atoms with Crippen LogP contribution in [0.2, 0.25) is 0 Å². The lowest BCUT2D eigenvalue weighted by molar-refractivity contribution is -0.143. The molecule has 0 unspecified atom stereocenters. The molecule has 0 bridgehead atoms. The fraction of sp³-hybridized carbons (Fsp3) is 0.700. The van der Waals surface area contributed by atoms with E-state index in [1.54, 1.807) is 0 Å². The molecule has 30 N–H and O–H groups in total. The van der Waals surface area contributed by atoms with E-state index in [0.29, 0.717) is 12.8 Å². The lowest BCUT2D eigenvalue weighted by Crippen LogP contribution is -2.60. The summed E-state index contributed by atoms with van der Waals surface area (Å²) in [4.78, 5) is 178. The van der Waals surface area contributed by atoms with E-state index >= 15 is 0 Å². The number of rotatable bonds is 47. The number of amides is 11. The third-order valence-electron chi connectivity index (χ3n) is 12.5. The zero-order valence-corrected chi connectivity index (χ0v) is 49.1. The molecule has 87 heavy (non-hydrogen) atoms. The van der Waals surface area contributed by atoms with Gasteiger partial charge in [0.05, 0.1) is 32.3 Å². The summed E-state index contributed by atoms with van der Waals surface area (Å²) in [5.41, 5.74) is 44.9. The molecular weight excluding hydrogens is 1150 g/mol. The van der Waals surface area contributed by atoms with E-state index in [9.17, 15) is 72.5 Å². The van der Waals surface area contributed by atoms with E-state index in [-0.39, 0.29) is 108 Å². The van der Waals surface area contributed by atoms with Crippen molar-refractivity contribution >= 4 is 88.8 Å². The van der Waals surface area contributed by atoms with Crippen LogP contribution in [0.5, 0.6) is 0 Å². The topological polar surface area (TPSA) is 656 Å². The van der Waals surface area contributed by atoms with Gasteiger partial charge in [0.25, 0.3) is 0 Å². The third-order valence-corrected chi connectivity index (χ3v) is 12.5. The molecule has 494 valence electrons. The zero-order valence-electron chi connectivity index (χ0n) is 49.1. The molecule has 0 spiro atoms. The molecule has 0 saturated heterocycles. The monoisotopic (exact) mass is 1240 g/mol. The van der Waals surface area contributed by atoms with Crippen molar-refractivity contribution in [2.24, 2.45) is 61.8 Å². The van der Waals surface area contributed by atoms with Gasteiger partial charge in [0.2, 0.25) is 65.0 Å². The summed E-state index contributed by atoms with van der Waals surface area (Å²) in [7, 11) is 0. The minimum Gasteiger partial charge on any atom is -0.481 e. The molecule has 0 heterocycles. The van der Waals surface area contributed by atoms with Gasteiger partial charge in [0.1, 0.15) is 48.3 Å². The van der Waals surface area contributed by atoms with Crippen LogP contribution in [0.1, 0.15) is 110 Å². The predicted octanol–water partition coefficient (Wildman–Crippen LogP) is -9.96. The molecule has 0 rings (SSSR count). The molecule has 11 amide bonds. The molecule has 9 atom stereocenters. The van der Waals surface area contributed by atoms with Crippen LogP contribution in [-0.4, -0.2) is 216 Å². The summed E-state index contributed by atoms with van der Waals surface area (Å²) in [6, 6.07) is -13.7. The van der Waals surface area contributed by atoms with Crippen LogP contribution in [0.4, 0.5) is 0 Å². The van der Waals surface area contributed by atoms with E-state index < -0.39 is 177 Å². The number of aliphatic carboxylic acids is 2. The molecule has 0 radical (unpaired) electrons. The number of aliphatic imine (C=N–C) groups is 2. The maximum absolute atomic E-state index is 14.4. The first kappa shape index (κ1) is 78.5. The van der Waals surface area contributed by atoms with Crippen molar-refractivity contribution in [1.82, 2.24) is 53.2 Å². The number of hydrogen-bond donors (Lipinski definition) is 22. The maximum atomic E-state index is 14.4. The van der Waals surface area contributed by atoms with Crippen molar-refractivity contribution in [1.29, 1.82) is 0 Å². The molecule has 0 aromatic rings. The van der Waals surface area contributed by atoms with Crippen LogP contribution >= 0.6 is 0 Å². The number of carboxylic acids is 2. The first-order chi connectivity index (χ1) is 41.0. The molecule has 37 nitrogen and oxygen atoms in total. The quantitative estimate of drug-likeness (QED) is 0.0153. The molecule has 0 aromatic heterocycles. The number of primary amides is 1. The number of aliphatic hydroxyl groups excluding tert-OH is 2. The fourth-order valence-corrected chi connectivity index (χ4v) is 7.84. The Morgan fingerprint density at radius 2 is 0.770 bits per heavy atom. The van der Waals surface area contributed by atoms with Crippen LogP contribution in [-0.2, 0) is 62.3 Å². The second-order valence-electron chi connectivity index (χ2n) is 20.4. The maximum Gasteiger partial charge on any atom is 0.328 e. The lowest BCUT2D eigenvalue weighted by atomic mass is 10.0. The van der Waals surface area contributed by atoms with E-state index in [0.717, 1.165) is 0 Å². The Labute approximate surface area is 502 Å². The van der Waals surface area contributed by atoms with E-state index in [1.165, 1.54) is 0 Å². The molecule has 0 saturated carbocycles. The largest absolute Gasteiger partial charge is 0.481 e. The van der Waals surface area contributed by atoms with Crippen molar-refractivity contribution < 1.29 is 82.8 Å². The van der Waals surface area contributed by atoms with Gasteiger partial charge in [-0.25, -0.2) is 4.79 Å². The zero-order chi connectivity index (χ0) is 66.2. The number of carboxylic acid groups (broad SMARTS) is 2. The van der Waals surface area contributed by atoms with Gasteiger partial charge in [-0.05, 0) is 102 Å². The number of nitrogens with two attached hydrogens (primary N) is 8. The highest BCUT2D eigenvalue weighted by atomic mass is 16.4. The van der Waals surface area contributed by atoms with Crippen molar-refractivity contribution in [2.45, 2.75) is 165 Å². The van der Waals surface area contributed by atoms with Gasteiger partial charge < -0.3 is 119 Å². The number of nitrogens with one attached hydrogen (secondary N) is 10. The summed E-state index contributed by atoms with van der Waals surface area (Å²) in [5, 5.41) is 61.0. The second kappa shape index (κ2) is 44.0. The van der Waals surface area contributed by atoms with Crippen molar-refractivity contribution in [3.63, 3.8) is 0 Å². The van der Waals surface area contributed by atoms with Crippen molar-refractivity contribution in [3.05, 3.63) is 0 Å². The predicted molar refractivity (Wildman–Crippen MR) is 312 cm³/mol. The molecule has 0 aliphatic heterocycles. The molecular formula is C50H92N20O17. The minimum atomic E-state index is -1.83. The van der Waals surface area contributed by atoms with Gasteiger partial charge in [0.15, 0.2) is 11.9 Å². The normalized spacial score (nSPS) is 14.0. The summed E-state index contributed by atoms with van der Waals surface area (Å²) in [6.07, 6.45) is -1.12. The van der Waals surface area contributed by atoms with Crippen LogP contribution in [0.3, 0.4) is 0 Å². The summed E-state index contributed by atoms with van der Waals surface area (Å²) >= 11 is 0. The first-order valence-corrected chi connectivity index (χ1v) is 28.2. The second-order valence-corrected chi connectivity index (χ2v) is 20.4. The van der Waals surface area contributed by atoms with Gasteiger partial charge in [0, 0.05) is 25.9 Å². The van der Waals surface area contributed by atoms with Gasteiger partial charge in [-0.1, -0.05) is 13.8 Å². The number of carbonyl (C=O) groups excluding carboxylic acids is 11. The number of aliphatic hydroxyl groups is 2. The Hall–Kier alpha value is -8.55. The number of carbonyl (C=O) groups is 13. The Balaban J connectivity index is 6.92. The SMILES string of the molecule is CC(C)C[C@H](N)C(=O)N[C@@H](CCCN=C(N)N)C(=O)N[C@@H](CCC(N)=O)C(=O)N[C@@H](CCCCN)C(=O)N[C@@H](CCCCN)C(=O)N[C@@H](CCCN=C(N)N)C(=O)N[C@@H](CCC(=O)O)C(=O)N[C@@H](CO)C(=O)NCC(=O)NCC(=O)N[C@@H](CO)C(=O)O. The molecule has 0 fully saturated rings. The highest BCUT2D eigenvalue weighted by Gasteiger charge is 2.35. The van der Waals surface area contributed by atoms with Crippen molar-refractivity contribution in [2.75, 3.05) is 52.5 Å². The number of hydrogen-bond acceptors (Lipinski definition) is 20. The Kier molecular flexibility index (Phi) is 39.7. The van der Waals surface area contributed by atoms with Crippen LogP contribution < -0.4 is 99.0 Å². The van der Waals surface area contributed by atoms with E-state index in [1.807, 2.05) is 19.2 Å². The van der Waals surface area contributed by atoms with E-state index in [4.69, 9.17) is 56.1 Å².